The van der Waals surface area contributed by atoms with Crippen LogP contribution in [-0.4, -0.2) is 29.1 Å². The van der Waals surface area contributed by atoms with Gasteiger partial charge in [-0.15, -0.1) is 6.42 Å². The van der Waals surface area contributed by atoms with E-state index in [0.29, 0.717) is 18.1 Å². The van der Waals surface area contributed by atoms with E-state index in [1.165, 1.54) is 0 Å². The minimum Gasteiger partial charge on any atom is -0.480 e. The fraction of sp³-hybridized carbons (Fsp3) is 0.250. The first kappa shape index (κ1) is 12.6. The SMILES string of the molecule is C#CCN(CC(=O)O)Cc1cccc(Cl)c1. The Labute approximate surface area is 99.6 Å². The minimum atomic E-state index is -0.891. The second-order valence-corrected chi connectivity index (χ2v) is 3.81. The number of hydrogen-bond acceptors (Lipinski definition) is 2. The van der Waals surface area contributed by atoms with Crippen molar-refractivity contribution in [3.05, 3.63) is 34.9 Å². The molecule has 0 bridgehead atoms. The third kappa shape index (κ3) is 4.35. The normalized spacial score (nSPS) is 10.1. The van der Waals surface area contributed by atoms with Gasteiger partial charge < -0.3 is 5.11 Å². The molecule has 0 aliphatic carbocycles. The van der Waals surface area contributed by atoms with E-state index in [-0.39, 0.29) is 6.54 Å². The van der Waals surface area contributed by atoms with Gasteiger partial charge in [-0.2, -0.15) is 0 Å². The van der Waals surface area contributed by atoms with Crippen LogP contribution >= 0.6 is 11.6 Å². The molecule has 0 radical (unpaired) electrons. The van der Waals surface area contributed by atoms with Crippen LogP contribution in [0.25, 0.3) is 0 Å². The van der Waals surface area contributed by atoms with Crippen LogP contribution in [0.3, 0.4) is 0 Å². The van der Waals surface area contributed by atoms with Crippen molar-refractivity contribution in [3.63, 3.8) is 0 Å². The molecule has 0 aliphatic heterocycles. The summed E-state index contributed by atoms with van der Waals surface area (Å²) in [6.45, 7) is 0.715. The van der Waals surface area contributed by atoms with Crippen LogP contribution < -0.4 is 0 Å². The molecule has 1 aromatic carbocycles. The van der Waals surface area contributed by atoms with Crippen LogP contribution in [0, 0.1) is 12.3 Å². The highest BCUT2D eigenvalue weighted by molar-refractivity contribution is 6.30. The van der Waals surface area contributed by atoms with E-state index in [9.17, 15) is 4.79 Å². The molecule has 0 amide bonds. The standard InChI is InChI=1S/C12H12ClNO2/c1-2-6-14(9-12(15)16)8-10-4-3-5-11(13)7-10/h1,3-5,7H,6,8-9H2,(H,15,16). The summed E-state index contributed by atoms with van der Waals surface area (Å²) < 4.78 is 0. The van der Waals surface area contributed by atoms with E-state index in [4.69, 9.17) is 23.1 Å². The number of nitrogens with zero attached hydrogens (tertiary/aromatic N) is 1. The second-order valence-electron chi connectivity index (χ2n) is 3.37. The Morgan fingerprint density at radius 3 is 2.88 bits per heavy atom. The van der Waals surface area contributed by atoms with Gasteiger partial charge in [0.2, 0.25) is 0 Å². The van der Waals surface area contributed by atoms with Gasteiger partial charge in [0.25, 0.3) is 0 Å². The first-order valence-corrected chi connectivity index (χ1v) is 5.11. The summed E-state index contributed by atoms with van der Waals surface area (Å²) in [6, 6.07) is 7.28. The Balaban J connectivity index is 2.68. The first-order valence-electron chi connectivity index (χ1n) is 4.74. The first-order chi connectivity index (χ1) is 7.61. The number of hydrogen-bond donors (Lipinski definition) is 1. The van der Waals surface area contributed by atoms with Crippen LogP contribution in [0.1, 0.15) is 5.56 Å². The molecule has 4 heteroatoms. The highest BCUT2D eigenvalue weighted by Gasteiger charge is 2.09. The summed E-state index contributed by atoms with van der Waals surface area (Å²) in [7, 11) is 0. The Hall–Kier alpha value is -1.50. The number of carboxylic acid groups (broad SMARTS) is 1. The fourth-order valence-corrected chi connectivity index (χ4v) is 1.59. The zero-order chi connectivity index (χ0) is 12.0. The number of carbonyl (C=O) groups is 1. The number of rotatable bonds is 5. The molecule has 16 heavy (non-hydrogen) atoms. The monoisotopic (exact) mass is 237 g/mol. The van der Waals surface area contributed by atoms with Gasteiger partial charge in [0.05, 0.1) is 13.1 Å². The molecule has 0 saturated carbocycles. The molecule has 0 saturated heterocycles. The molecule has 0 fully saturated rings. The van der Waals surface area contributed by atoms with Gasteiger partial charge in [-0.25, -0.2) is 0 Å². The third-order valence-corrected chi connectivity index (χ3v) is 2.20. The zero-order valence-corrected chi connectivity index (χ0v) is 9.44. The molecule has 1 rings (SSSR count). The number of terminal acetylenes is 1. The Kier molecular flexibility index (Phi) is 4.84. The molecular formula is C12H12ClNO2. The maximum atomic E-state index is 10.6. The van der Waals surface area contributed by atoms with Crippen molar-refractivity contribution in [2.24, 2.45) is 0 Å². The predicted octanol–water partition coefficient (Wildman–Crippen LogP) is 1.86. The highest BCUT2D eigenvalue weighted by atomic mass is 35.5. The van der Waals surface area contributed by atoms with Gasteiger partial charge in [-0.05, 0) is 17.7 Å². The average molecular weight is 238 g/mol. The van der Waals surface area contributed by atoms with Gasteiger partial charge in [0.1, 0.15) is 0 Å². The van der Waals surface area contributed by atoms with E-state index >= 15 is 0 Å². The second kappa shape index (κ2) is 6.16. The number of carboxylic acids is 1. The molecule has 1 aromatic rings. The molecule has 84 valence electrons. The molecule has 0 spiro atoms. The zero-order valence-electron chi connectivity index (χ0n) is 8.69. The van der Waals surface area contributed by atoms with Crippen molar-refractivity contribution < 1.29 is 9.90 Å². The lowest BCUT2D eigenvalue weighted by molar-refractivity contribution is -0.138. The quantitative estimate of drug-likeness (QED) is 0.795. The maximum Gasteiger partial charge on any atom is 0.317 e. The Morgan fingerprint density at radius 2 is 2.31 bits per heavy atom. The highest BCUT2D eigenvalue weighted by Crippen LogP contribution is 2.12. The minimum absolute atomic E-state index is 0.0727. The molecular weight excluding hydrogens is 226 g/mol. The lowest BCUT2D eigenvalue weighted by atomic mass is 10.2. The summed E-state index contributed by atoms with van der Waals surface area (Å²) >= 11 is 5.84. The van der Waals surface area contributed by atoms with Gasteiger partial charge in [-0.3, -0.25) is 9.69 Å². The molecule has 0 heterocycles. The molecule has 1 N–H and O–H groups in total. The van der Waals surface area contributed by atoms with Gasteiger partial charge >= 0.3 is 5.97 Å². The van der Waals surface area contributed by atoms with Crippen molar-refractivity contribution in [2.45, 2.75) is 6.54 Å². The van der Waals surface area contributed by atoms with Crippen molar-refractivity contribution in [1.29, 1.82) is 0 Å². The van der Waals surface area contributed by atoms with Crippen LogP contribution in [0.15, 0.2) is 24.3 Å². The van der Waals surface area contributed by atoms with Crippen molar-refractivity contribution in [3.8, 4) is 12.3 Å². The van der Waals surface area contributed by atoms with Crippen LogP contribution in [0.2, 0.25) is 5.02 Å². The number of aliphatic carboxylic acids is 1. The van der Waals surface area contributed by atoms with Crippen LogP contribution in [-0.2, 0) is 11.3 Å². The molecule has 0 aliphatic rings. The summed E-state index contributed by atoms with van der Waals surface area (Å²) in [4.78, 5) is 12.3. The lowest BCUT2D eigenvalue weighted by Gasteiger charge is -2.17. The average Bonchev–Trinajstić information content (AvgIpc) is 2.16. The Morgan fingerprint density at radius 1 is 1.56 bits per heavy atom. The smallest absolute Gasteiger partial charge is 0.317 e. The molecule has 3 nitrogen and oxygen atoms in total. The van der Waals surface area contributed by atoms with Gasteiger partial charge in [0.15, 0.2) is 0 Å². The number of halogens is 1. The molecule has 0 unspecified atom stereocenters. The largest absolute Gasteiger partial charge is 0.480 e. The van der Waals surface area contributed by atoms with Crippen LogP contribution in [0.5, 0.6) is 0 Å². The molecule has 0 aromatic heterocycles. The van der Waals surface area contributed by atoms with E-state index in [1.807, 2.05) is 12.1 Å². The van der Waals surface area contributed by atoms with Gasteiger partial charge in [0, 0.05) is 11.6 Å². The summed E-state index contributed by atoms with van der Waals surface area (Å²) in [5.41, 5.74) is 0.948. The fourth-order valence-electron chi connectivity index (χ4n) is 1.38. The number of benzene rings is 1. The molecule has 0 atom stereocenters. The predicted molar refractivity (Wildman–Crippen MR) is 63.2 cm³/mol. The van der Waals surface area contributed by atoms with E-state index in [1.54, 1.807) is 17.0 Å². The summed E-state index contributed by atoms with van der Waals surface area (Å²) in [6.07, 6.45) is 5.18. The van der Waals surface area contributed by atoms with E-state index in [2.05, 4.69) is 5.92 Å². The summed E-state index contributed by atoms with van der Waals surface area (Å²) in [5.74, 6) is 1.55. The third-order valence-electron chi connectivity index (χ3n) is 1.97. The lowest BCUT2D eigenvalue weighted by Crippen LogP contribution is -2.29. The summed E-state index contributed by atoms with van der Waals surface area (Å²) in [5, 5.41) is 9.34. The van der Waals surface area contributed by atoms with Gasteiger partial charge in [-0.1, -0.05) is 29.7 Å². The van der Waals surface area contributed by atoms with E-state index in [0.717, 1.165) is 5.56 Å². The van der Waals surface area contributed by atoms with Crippen molar-refractivity contribution in [1.82, 2.24) is 4.90 Å². The van der Waals surface area contributed by atoms with Crippen LogP contribution in [0.4, 0.5) is 0 Å². The van der Waals surface area contributed by atoms with Crippen molar-refractivity contribution in [2.75, 3.05) is 13.1 Å². The topological polar surface area (TPSA) is 40.5 Å². The van der Waals surface area contributed by atoms with E-state index < -0.39 is 5.97 Å². The Bertz CT molecular complexity index is 412. The van der Waals surface area contributed by atoms with Crippen molar-refractivity contribution >= 4 is 17.6 Å². The maximum absolute atomic E-state index is 10.6.